The molecular weight excluding hydrogens is 355 g/mol. The van der Waals surface area contributed by atoms with E-state index in [0.29, 0.717) is 6.07 Å². The summed E-state index contributed by atoms with van der Waals surface area (Å²) in [4.78, 5) is 0. The van der Waals surface area contributed by atoms with Crippen LogP contribution in [0.5, 0.6) is 0 Å². The summed E-state index contributed by atoms with van der Waals surface area (Å²) in [5.41, 5.74) is -9.41. The van der Waals surface area contributed by atoms with Crippen molar-refractivity contribution in [3.8, 4) is 0 Å². The van der Waals surface area contributed by atoms with Gasteiger partial charge in [-0.2, -0.15) is 39.5 Å². The number of rotatable bonds is 3. The van der Waals surface area contributed by atoms with Gasteiger partial charge in [-0.15, -0.1) is 0 Å². The molecule has 24 heavy (non-hydrogen) atoms. The molecule has 0 aliphatic heterocycles. The first-order chi connectivity index (χ1) is 10.6. The summed E-state index contributed by atoms with van der Waals surface area (Å²) >= 11 is 0. The Hall–Kier alpha value is -1.45. The second-order valence-electron chi connectivity index (χ2n) is 5.32. The van der Waals surface area contributed by atoms with E-state index in [4.69, 9.17) is 0 Å². The van der Waals surface area contributed by atoms with Crippen LogP contribution in [0.2, 0.25) is 0 Å². The van der Waals surface area contributed by atoms with Crippen LogP contribution < -0.4 is 0 Å². The van der Waals surface area contributed by atoms with E-state index in [2.05, 4.69) is 0 Å². The molecular formula is C14H13F9O. The Morgan fingerprint density at radius 3 is 1.71 bits per heavy atom. The Morgan fingerprint density at radius 1 is 0.917 bits per heavy atom. The molecule has 1 atom stereocenters. The zero-order chi connectivity index (χ0) is 19.1. The Balaban J connectivity index is 3.72. The van der Waals surface area contributed by atoms with E-state index in [1.165, 1.54) is 13.8 Å². The zero-order valence-electron chi connectivity index (χ0n) is 12.4. The lowest BCUT2D eigenvalue weighted by Gasteiger charge is -2.33. The number of alkyl halides is 9. The van der Waals surface area contributed by atoms with Crippen molar-refractivity contribution >= 4 is 0 Å². The monoisotopic (exact) mass is 368 g/mol. The summed E-state index contributed by atoms with van der Waals surface area (Å²) < 4.78 is 116. The number of halogens is 9. The van der Waals surface area contributed by atoms with Gasteiger partial charge in [0.1, 0.15) is 0 Å². The van der Waals surface area contributed by atoms with Crippen LogP contribution in [0, 0.1) is 0 Å². The molecule has 138 valence electrons. The number of hydrogen-bond acceptors (Lipinski definition) is 1. The maximum atomic E-state index is 13.1. The highest BCUT2D eigenvalue weighted by Gasteiger charge is 2.71. The van der Waals surface area contributed by atoms with Gasteiger partial charge in [-0.05, 0) is 24.0 Å². The van der Waals surface area contributed by atoms with Gasteiger partial charge in [-0.25, -0.2) is 0 Å². The summed E-state index contributed by atoms with van der Waals surface area (Å²) in [5.74, 6) is -0.749. The standard InChI is InChI=1S/C14H13F9O/c1-3-7(2)9-5-4-8(6-10(9)12(15,16)17)11(24,13(18,19)20)14(21,22)23/h4-7,24H,3H2,1-2H3. The highest BCUT2D eigenvalue weighted by molar-refractivity contribution is 5.40. The molecule has 1 aromatic rings. The average Bonchev–Trinajstić information content (AvgIpc) is 2.41. The smallest absolute Gasteiger partial charge is 0.369 e. The van der Waals surface area contributed by atoms with Gasteiger partial charge in [-0.1, -0.05) is 26.0 Å². The average molecular weight is 368 g/mol. The van der Waals surface area contributed by atoms with Crippen LogP contribution in [0.25, 0.3) is 0 Å². The second kappa shape index (κ2) is 6.12. The molecule has 0 spiro atoms. The lowest BCUT2D eigenvalue weighted by molar-refractivity contribution is -0.376. The normalized spacial score (nSPS) is 15.5. The molecule has 0 radical (unpaired) electrons. The lowest BCUT2D eigenvalue weighted by Crippen LogP contribution is -2.54. The molecule has 10 heteroatoms. The molecule has 0 aliphatic rings. The van der Waals surface area contributed by atoms with Crippen LogP contribution >= 0.6 is 0 Å². The van der Waals surface area contributed by atoms with Crippen molar-refractivity contribution in [2.45, 2.75) is 50.3 Å². The minimum Gasteiger partial charge on any atom is -0.369 e. The van der Waals surface area contributed by atoms with Gasteiger partial charge >= 0.3 is 18.5 Å². The topological polar surface area (TPSA) is 20.2 Å². The van der Waals surface area contributed by atoms with E-state index in [-0.39, 0.29) is 18.6 Å². The number of benzene rings is 1. The van der Waals surface area contributed by atoms with Crippen molar-refractivity contribution < 1.29 is 44.6 Å². The van der Waals surface area contributed by atoms with E-state index in [1.807, 2.05) is 0 Å². The van der Waals surface area contributed by atoms with Crippen LogP contribution in [0.4, 0.5) is 39.5 Å². The Labute approximate surface area is 131 Å². The van der Waals surface area contributed by atoms with Gasteiger partial charge in [0.25, 0.3) is 5.60 Å². The summed E-state index contributed by atoms with van der Waals surface area (Å²) in [7, 11) is 0. The molecule has 0 amide bonds. The summed E-state index contributed by atoms with van der Waals surface area (Å²) in [5, 5.41) is 9.22. The third kappa shape index (κ3) is 3.47. The van der Waals surface area contributed by atoms with Crippen LogP contribution in [-0.4, -0.2) is 17.5 Å². The van der Waals surface area contributed by atoms with Crippen LogP contribution in [-0.2, 0) is 11.8 Å². The first kappa shape index (κ1) is 20.6. The summed E-state index contributed by atoms with van der Waals surface area (Å²) in [6.07, 6.45) is -17.5. The maximum Gasteiger partial charge on any atom is 0.430 e. The van der Waals surface area contributed by atoms with E-state index in [9.17, 15) is 44.6 Å². The fourth-order valence-corrected chi connectivity index (χ4v) is 2.16. The molecule has 1 nitrogen and oxygen atoms in total. The molecule has 0 fully saturated rings. The van der Waals surface area contributed by atoms with Crippen molar-refractivity contribution in [2.75, 3.05) is 0 Å². The Morgan fingerprint density at radius 2 is 1.38 bits per heavy atom. The molecule has 1 N–H and O–H groups in total. The number of hydrogen-bond donors (Lipinski definition) is 1. The summed E-state index contributed by atoms with van der Waals surface area (Å²) in [6, 6.07) is 0.467. The van der Waals surface area contributed by atoms with Crippen LogP contribution in [0.1, 0.15) is 42.9 Å². The zero-order valence-corrected chi connectivity index (χ0v) is 12.4. The SMILES string of the molecule is CCC(C)c1ccc(C(O)(C(F)(F)F)C(F)(F)F)cc1C(F)(F)F. The summed E-state index contributed by atoms with van der Waals surface area (Å²) in [6.45, 7) is 2.87. The van der Waals surface area contributed by atoms with Crippen LogP contribution in [0.3, 0.4) is 0 Å². The van der Waals surface area contributed by atoms with Crippen molar-refractivity contribution in [1.29, 1.82) is 0 Å². The lowest BCUT2D eigenvalue weighted by atomic mass is 9.86. The van der Waals surface area contributed by atoms with Gasteiger partial charge < -0.3 is 5.11 Å². The first-order valence-corrected chi connectivity index (χ1v) is 6.64. The highest BCUT2D eigenvalue weighted by atomic mass is 19.4. The van der Waals surface area contributed by atoms with E-state index in [1.54, 1.807) is 0 Å². The number of aliphatic hydroxyl groups is 1. The van der Waals surface area contributed by atoms with Gasteiger partial charge in [0.15, 0.2) is 0 Å². The molecule has 0 saturated heterocycles. The fraction of sp³-hybridized carbons (Fsp3) is 0.571. The van der Waals surface area contributed by atoms with E-state index in [0.717, 1.165) is 0 Å². The van der Waals surface area contributed by atoms with Gasteiger partial charge in [0, 0.05) is 5.56 Å². The van der Waals surface area contributed by atoms with E-state index < -0.39 is 46.7 Å². The Kier molecular flexibility index (Phi) is 5.25. The van der Waals surface area contributed by atoms with Crippen molar-refractivity contribution in [2.24, 2.45) is 0 Å². The van der Waals surface area contributed by atoms with E-state index >= 15 is 0 Å². The molecule has 1 rings (SSSR count). The van der Waals surface area contributed by atoms with Crippen molar-refractivity contribution in [3.05, 3.63) is 34.9 Å². The van der Waals surface area contributed by atoms with Gasteiger partial charge in [0.2, 0.25) is 0 Å². The maximum absolute atomic E-state index is 13.1. The molecule has 0 aliphatic carbocycles. The van der Waals surface area contributed by atoms with Crippen molar-refractivity contribution in [1.82, 2.24) is 0 Å². The quantitative estimate of drug-likeness (QED) is 0.696. The van der Waals surface area contributed by atoms with Crippen LogP contribution in [0.15, 0.2) is 18.2 Å². The van der Waals surface area contributed by atoms with Crippen molar-refractivity contribution in [3.63, 3.8) is 0 Å². The van der Waals surface area contributed by atoms with Gasteiger partial charge in [-0.3, -0.25) is 0 Å². The molecule has 1 unspecified atom stereocenters. The first-order valence-electron chi connectivity index (χ1n) is 6.64. The predicted octanol–water partition coefficient (Wildman–Crippen LogP) is 5.53. The molecule has 0 aromatic heterocycles. The van der Waals surface area contributed by atoms with Gasteiger partial charge in [0.05, 0.1) is 5.56 Å². The third-order valence-corrected chi connectivity index (χ3v) is 3.74. The predicted molar refractivity (Wildman–Crippen MR) is 66.2 cm³/mol. The molecule has 0 saturated carbocycles. The Bertz CT molecular complexity index is 569. The largest absolute Gasteiger partial charge is 0.430 e. The fourth-order valence-electron chi connectivity index (χ4n) is 2.16. The second-order valence-corrected chi connectivity index (χ2v) is 5.32. The molecule has 0 heterocycles. The minimum absolute atomic E-state index is 0.186. The molecule has 1 aromatic carbocycles. The molecule has 0 bridgehead atoms. The minimum atomic E-state index is -6.24. The third-order valence-electron chi connectivity index (χ3n) is 3.74. The highest BCUT2D eigenvalue weighted by Crippen LogP contribution is 2.51.